The zero-order chi connectivity index (χ0) is 17.7. The SMILES string of the molecule is CC[C@H]1O[C@@H](NC(=S)N/N=C/c2cccc(Cl)c2)[C@H](O)[C@@H](O)[C@@H]1O. The summed E-state index contributed by atoms with van der Waals surface area (Å²) >= 11 is 11.0. The first-order valence-corrected chi connectivity index (χ1v) is 8.25. The molecule has 7 nitrogen and oxygen atoms in total. The molecular weight excluding hydrogens is 354 g/mol. The quantitative estimate of drug-likeness (QED) is 0.294. The van der Waals surface area contributed by atoms with Crippen LogP contribution in [0.4, 0.5) is 0 Å². The van der Waals surface area contributed by atoms with E-state index in [0.717, 1.165) is 5.56 Å². The maximum atomic E-state index is 9.97. The van der Waals surface area contributed by atoms with E-state index >= 15 is 0 Å². The monoisotopic (exact) mass is 373 g/mol. The first-order chi connectivity index (χ1) is 11.4. The Hall–Kier alpha value is -1.29. The van der Waals surface area contributed by atoms with E-state index in [4.69, 9.17) is 28.6 Å². The van der Waals surface area contributed by atoms with Gasteiger partial charge in [-0.3, -0.25) is 5.43 Å². The van der Waals surface area contributed by atoms with Crippen LogP contribution in [-0.4, -0.2) is 57.3 Å². The van der Waals surface area contributed by atoms with Crippen LogP contribution < -0.4 is 10.7 Å². The van der Waals surface area contributed by atoms with Crippen molar-refractivity contribution in [3.8, 4) is 0 Å². The fourth-order valence-electron chi connectivity index (χ4n) is 2.32. The van der Waals surface area contributed by atoms with Crippen molar-refractivity contribution in [2.24, 2.45) is 5.10 Å². The van der Waals surface area contributed by atoms with E-state index in [0.29, 0.717) is 11.4 Å². The zero-order valence-electron chi connectivity index (χ0n) is 13.0. The van der Waals surface area contributed by atoms with Crippen LogP contribution in [0.3, 0.4) is 0 Å². The molecule has 5 N–H and O–H groups in total. The molecule has 0 bridgehead atoms. The lowest BCUT2D eigenvalue weighted by Crippen LogP contribution is -2.62. The Morgan fingerprint density at radius 3 is 2.75 bits per heavy atom. The van der Waals surface area contributed by atoms with Crippen LogP contribution in [0, 0.1) is 0 Å². The van der Waals surface area contributed by atoms with Crippen LogP contribution in [0.1, 0.15) is 18.9 Å². The van der Waals surface area contributed by atoms with Crippen molar-refractivity contribution < 1.29 is 20.1 Å². The highest BCUT2D eigenvalue weighted by molar-refractivity contribution is 7.80. The number of hydrazone groups is 1. The number of nitrogens with one attached hydrogen (secondary N) is 2. The molecule has 0 amide bonds. The highest BCUT2D eigenvalue weighted by atomic mass is 35.5. The molecule has 0 saturated carbocycles. The number of aliphatic hydroxyl groups excluding tert-OH is 3. The van der Waals surface area contributed by atoms with Crippen LogP contribution in [0.15, 0.2) is 29.4 Å². The summed E-state index contributed by atoms with van der Waals surface area (Å²) in [6.45, 7) is 1.81. The molecule has 2 rings (SSSR count). The maximum Gasteiger partial charge on any atom is 0.189 e. The molecule has 0 unspecified atom stereocenters. The molecule has 1 heterocycles. The minimum atomic E-state index is -1.32. The van der Waals surface area contributed by atoms with Crippen LogP contribution in [0.25, 0.3) is 0 Å². The van der Waals surface area contributed by atoms with E-state index < -0.39 is 30.6 Å². The first-order valence-electron chi connectivity index (χ1n) is 7.47. The zero-order valence-corrected chi connectivity index (χ0v) is 14.5. The van der Waals surface area contributed by atoms with E-state index in [9.17, 15) is 15.3 Å². The van der Waals surface area contributed by atoms with E-state index in [1.54, 1.807) is 25.1 Å². The van der Waals surface area contributed by atoms with Gasteiger partial charge in [-0.2, -0.15) is 5.10 Å². The Balaban J connectivity index is 1.89. The van der Waals surface area contributed by atoms with Crippen molar-refractivity contribution in [3.05, 3.63) is 34.9 Å². The number of halogens is 1. The highest BCUT2D eigenvalue weighted by Crippen LogP contribution is 2.21. The molecule has 0 aliphatic carbocycles. The van der Waals surface area contributed by atoms with Crippen LogP contribution in [-0.2, 0) is 4.74 Å². The van der Waals surface area contributed by atoms with Gasteiger partial charge in [-0.05, 0) is 36.3 Å². The number of nitrogens with zero attached hydrogens (tertiary/aromatic N) is 1. The minimum Gasteiger partial charge on any atom is -0.388 e. The summed E-state index contributed by atoms with van der Waals surface area (Å²) in [7, 11) is 0. The standard InChI is InChI=1S/C15H20ClN3O4S/c1-2-10-11(20)12(21)13(22)14(23-10)18-15(24)19-17-7-8-4-3-5-9(16)6-8/h3-7,10-14,20-22H,2H2,1H3,(H2,18,19,24)/b17-7+/t10-,11-,12+,13-,14-/m1/s1. The van der Waals surface area contributed by atoms with Crippen molar-refractivity contribution in [1.29, 1.82) is 0 Å². The topological polar surface area (TPSA) is 106 Å². The predicted molar refractivity (Wildman–Crippen MR) is 94.9 cm³/mol. The Labute approximate surface area is 150 Å². The van der Waals surface area contributed by atoms with Crippen molar-refractivity contribution in [2.75, 3.05) is 0 Å². The van der Waals surface area contributed by atoms with Gasteiger partial charge in [-0.1, -0.05) is 30.7 Å². The van der Waals surface area contributed by atoms with Gasteiger partial charge in [-0.15, -0.1) is 0 Å². The van der Waals surface area contributed by atoms with E-state index in [1.807, 2.05) is 6.07 Å². The molecule has 1 aliphatic rings. The normalized spacial score (nSPS) is 30.3. The minimum absolute atomic E-state index is 0.107. The molecule has 0 radical (unpaired) electrons. The molecule has 24 heavy (non-hydrogen) atoms. The van der Waals surface area contributed by atoms with Gasteiger partial charge in [0.25, 0.3) is 0 Å². The molecule has 5 atom stereocenters. The Morgan fingerprint density at radius 1 is 1.33 bits per heavy atom. The number of aliphatic hydroxyl groups is 3. The molecular formula is C15H20ClN3O4S. The fourth-order valence-corrected chi connectivity index (χ4v) is 2.69. The molecule has 1 aliphatic heterocycles. The lowest BCUT2D eigenvalue weighted by atomic mass is 9.96. The maximum absolute atomic E-state index is 9.97. The second-order valence-electron chi connectivity index (χ2n) is 5.37. The lowest BCUT2D eigenvalue weighted by Gasteiger charge is -2.40. The fraction of sp³-hybridized carbons (Fsp3) is 0.467. The molecule has 1 fully saturated rings. The summed E-state index contributed by atoms with van der Waals surface area (Å²) in [6.07, 6.45) is -3.32. The van der Waals surface area contributed by atoms with E-state index in [-0.39, 0.29) is 5.11 Å². The van der Waals surface area contributed by atoms with Crippen LogP contribution >= 0.6 is 23.8 Å². The molecule has 132 valence electrons. The van der Waals surface area contributed by atoms with Crippen LogP contribution in [0.2, 0.25) is 5.02 Å². The number of benzene rings is 1. The van der Waals surface area contributed by atoms with Gasteiger partial charge in [0.15, 0.2) is 11.3 Å². The first kappa shape index (κ1) is 19.0. The summed E-state index contributed by atoms with van der Waals surface area (Å²) in [4.78, 5) is 0. The number of ether oxygens (including phenoxy) is 1. The van der Waals surface area contributed by atoms with Crippen molar-refractivity contribution in [3.63, 3.8) is 0 Å². The van der Waals surface area contributed by atoms with Gasteiger partial charge >= 0.3 is 0 Å². The molecule has 1 saturated heterocycles. The number of rotatable bonds is 4. The summed E-state index contributed by atoms with van der Waals surface area (Å²) in [6, 6.07) is 7.11. The highest BCUT2D eigenvalue weighted by Gasteiger charge is 2.43. The van der Waals surface area contributed by atoms with Gasteiger partial charge in [0.2, 0.25) is 0 Å². The van der Waals surface area contributed by atoms with Crippen molar-refractivity contribution in [2.45, 2.75) is 44.0 Å². The Bertz CT molecular complexity index is 602. The van der Waals surface area contributed by atoms with Crippen LogP contribution in [0.5, 0.6) is 0 Å². The Kier molecular flexibility index (Phi) is 6.90. The summed E-state index contributed by atoms with van der Waals surface area (Å²) in [5.74, 6) is 0. The number of hydrogen-bond donors (Lipinski definition) is 5. The van der Waals surface area contributed by atoms with E-state index in [1.165, 1.54) is 6.21 Å². The number of hydrogen-bond acceptors (Lipinski definition) is 6. The second kappa shape index (κ2) is 8.70. The molecule has 9 heteroatoms. The molecule has 0 spiro atoms. The van der Waals surface area contributed by atoms with Gasteiger partial charge < -0.3 is 25.4 Å². The van der Waals surface area contributed by atoms with Gasteiger partial charge in [0.05, 0.1) is 12.3 Å². The average molecular weight is 374 g/mol. The number of thiocarbonyl (C=S) groups is 1. The summed E-state index contributed by atoms with van der Waals surface area (Å²) < 4.78 is 5.51. The third kappa shape index (κ3) is 4.85. The molecule has 0 aromatic heterocycles. The molecule has 1 aromatic carbocycles. The van der Waals surface area contributed by atoms with Gasteiger partial charge in [0.1, 0.15) is 18.3 Å². The second-order valence-corrected chi connectivity index (χ2v) is 6.22. The van der Waals surface area contributed by atoms with Gasteiger partial charge in [0, 0.05) is 5.02 Å². The average Bonchev–Trinajstić information content (AvgIpc) is 2.55. The smallest absolute Gasteiger partial charge is 0.189 e. The summed E-state index contributed by atoms with van der Waals surface area (Å²) in [5.41, 5.74) is 3.38. The van der Waals surface area contributed by atoms with Crippen molar-refractivity contribution in [1.82, 2.24) is 10.7 Å². The van der Waals surface area contributed by atoms with Gasteiger partial charge in [-0.25, -0.2) is 0 Å². The van der Waals surface area contributed by atoms with Crippen molar-refractivity contribution >= 4 is 35.1 Å². The third-order valence-corrected chi connectivity index (χ3v) is 4.06. The van der Waals surface area contributed by atoms with E-state index in [2.05, 4.69) is 15.8 Å². The Morgan fingerprint density at radius 2 is 2.08 bits per heavy atom. The summed E-state index contributed by atoms with van der Waals surface area (Å²) in [5, 5.41) is 37.0. The predicted octanol–water partition coefficient (Wildman–Crippen LogP) is 0.356. The molecule has 1 aromatic rings. The third-order valence-electron chi connectivity index (χ3n) is 3.62. The lowest BCUT2D eigenvalue weighted by molar-refractivity contribution is -0.225. The largest absolute Gasteiger partial charge is 0.388 e.